The van der Waals surface area contributed by atoms with Gasteiger partial charge in [-0.25, -0.2) is 4.39 Å². The van der Waals surface area contributed by atoms with E-state index in [2.05, 4.69) is 13.8 Å². The van der Waals surface area contributed by atoms with Gasteiger partial charge in [-0.05, 0) is 60.7 Å². The van der Waals surface area contributed by atoms with E-state index in [9.17, 15) is 14.0 Å². The molecule has 0 aromatic heterocycles. The number of halogens is 2. The van der Waals surface area contributed by atoms with Crippen molar-refractivity contribution in [1.29, 1.82) is 0 Å². The van der Waals surface area contributed by atoms with E-state index in [1.807, 2.05) is 13.0 Å². The molecule has 2 aromatic carbocycles. The predicted molar refractivity (Wildman–Crippen MR) is 122 cm³/mol. The Balaban J connectivity index is 1.75. The Morgan fingerprint density at radius 1 is 1.22 bits per heavy atom. The molecule has 1 heterocycles. The lowest BCUT2D eigenvalue weighted by atomic mass is 9.91. The molecule has 172 valence electrons. The van der Waals surface area contributed by atoms with Crippen LogP contribution < -0.4 is 4.74 Å². The van der Waals surface area contributed by atoms with E-state index >= 15 is 0 Å². The highest BCUT2D eigenvalue weighted by Crippen LogP contribution is 2.38. The van der Waals surface area contributed by atoms with Gasteiger partial charge in [-0.1, -0.05) is 31.5 Å². The Hall–Kier alpha value is -2.60. The summed E-state index contributed by atoms with van der Waals surface area (Å²) in [6.45, 7) is 6.81. The minimum absolute atomic E-state index is 0.0809. The summed E-state index contributed by atoms with van der Waals surface area (Å²) in [5, 5.41) is 9.13. The van der Waals surface area contributed by atoms with Crippen LogP contribution in [0.15, 0.2) is 36.4 Å². The smallest absolute Gasteiger partial charge is 0.305 e. The van der Waals surface area contributed by atoms with Crippen LogP contribution in [0.2, 0.25) is 5.02 Å². The second-order valence-electron chi connectivity index (χ2n) is 9.09. The summed E-state index contributed by atoms with van der Waals surface area (Å²) in [5.41, 5.74) is 1.78. The Morgan fingerprint density at radius 2 is 1.97 bits per heavy atom. The van der Waals surface area contributed by atoms with Crippen molar-refractivity contribution in [2.24, 2.45) is 5.92 Å². The number of ether oxygens (including phenoxy) is 1. The first-order valence-electron chi connectivity index (χ1n) is 10.8. The molecule has 1 aliphatic heterocycles. The maximum atomic E-state index is 13.5. The Labute approximate surface area is 193 Å². The zero-order valence-corrected chi connectivity index (χ0v) is 19.4. The molecular weight excluding hydrogens is 433 g/mol. The number of hydrogen-bond acceptors (Lipinski definition) is 3. The fourth-order valence-corrected chi connectivity index (χ4v) is 4.18. The first-order valence-corrected chi connectivity index (χ1v) is 11.2. The molecule has 0 saturated carbocycles. The van der Waals surface area contributed by atoms with Crippen LogP contribution in [0.25, 0.3) is 0 Å². The largest absolute Gasteiger partial charge is 0.487 e. The van der Waals surface area contributed by atoms with Gasteiger partial charge in [0.1, 0.15) is 17.2 Å². The molecule has 1 amide bonds. The Kier molecular flexibility index (Phi) is 7.44. The summed E-state index contributed by atoms with van der Waals surface area (Å²) in [7, 11) is 0. The van der Waals surface area contributed by atoms with Gasteiger partial charge in [0.05, 0.1) is 11.4 Å². The molecule has 0 saturated heterocycles. The van der Waals surface area contributed by atoms with E-state index in [-0.39, 0.29) is 23.9 Å². The number of aliphatic carboxylic acids is 1. The maximum absolute atomic E-state index is 13.5. The van der Waals surface area contributed by atoms with Crippen LogP contribution in [0.4, 0.5) is 4.39 Å². The van der Waals surface area contributed by atoms with Gasteiger partial charge in [0, 0.05) is 31.5 Å². The highest BCUT2D eigenvalue weighted by Gasteiger charge is 2.35. The Morgan fingerprint density at radius 3 is 2.62 bits per heavy atom. The molecule has 1 aliphatic rings. The lowest BCUT2D eigenvalue weighted by Crippen LogP contribution is -2.34. The summed E-state index contributed by atoms with van der Waals surface area (Å²) < 4.78 is 19.7. The van der Waals surface area contributed by atoms with E-state index in [0.717, 1.165) is 23.3 Å². The van der Waals surface area contributed by atoms with Gasteiger partial charge in [0.15, 0.2) is 0 Å². The molecule has 0 unspecified atom stereocenters. The van der Waals surface area contributed by atoms with Gasteiger partial charge in [-0.15, -0.1) is 0 Å². The molecule has 5 nitrogen and oxygen atoms in total. The molecule has 1 N–H and O–H groups in total. The summed E-state index contributed by atoms with van der Waals surface area (Å²) in [5.74, 6) is -0.426. The number of carbonyl (C=O) groups excluding carboxylic acids is 1. The van der Waals surface area contributed by atoms with E-state index in [4.69, 9.17) is 21.4 Å². The van der Waals surface area contributed by atoms with Crippen molar-refractivity contribution in [3.63, 3.8) is 0 Å². The molecule has 0 fully saturated rings. The van der Waals surface area contributed by atoms with Gasteiger partial charge < -0.3 is 14.7 Å². The molecule has 0 spiro atoms. The van der Waals surface area contributed by atoms with Crippen LogP contribution in [0.1, 0.15) is 55.1 Å². The monoisotopic (exact) mass is 461 g/mol. The fraction of sp³-hybridized carbons (Fsp3) is 0.440. The van der Waals surface area contributed by atoms with E-state index in [0.29, 0.717) is 30.9 Å². The first kappa shape index (κ1) is 24.1. The van der Waals surface area contributed by atoms with Crippen molar-refractivity contribution < 1.29 is 23.8 Å². The summed E-state index contributed by atoms with van der Waals surface area (Å²) in [6.07, 6.45) is 1.86. The second kappa shape index (κ2) is 9.90. The lowest BCUT2D eigenvalue weighted by molar-refractivity contribution is -0.137. The highest BCUT2D eigenvalue weighted by atomic mass is 35.5. The molecule has 3 rings (SSSR count). The average molecular weight is 462 g/mol. The molecule has 1 atom stereocenters. The average Bonchev–Trinajstić information content (AvgIpc) is 3.04. The first-order chi connectivity index (χ1) is 15.1. The van der Waals surface area contributed by atoms with Crippen molar-refractivity contribution >= 4 is 23.5 Å². The van der Waals surface area contributed by atoms with Crippen molar-refractivity contribution in [3.05, 3.63) is 63.9 Å². The van der Waals surface area contributed by atoms with Gasteiger partial charge in [0.25, 0.3) is 5.91 Å². The van der Waals surface area contributed by atoms with Crippen LogP contribution in [0.3, 0.4) is 0 Å². The number of carboxylic acids is 1. The van der Waals surface area contributed by atoms with Crippen LogP contribution in [0, 0.1) is 11.7 Å². The van der Waals surface area contributed by atoms with Crippen LogP contribution >= 0.6 is 11.6 Å². The number of fused-ring (bicyclic) bond motifs is 1. The number of carbonyl (C=O) groups is 2. The third kappa shape index (κ3) is 6.00. The molecule has 0 bridgehead atoms. The van der Waals surface area contributed by atoms with E-state index in [1.54, 1.807) is 29.2 Å². The fourth-order valence-electron chi connectivity index (χ4n) is 3.98. The van der Waals surface area contributed by atoms with Gasteiger partial charge >= 0.3 is 5.97 Å². The predicted octanol–water partition coefficient (Wildman–Crippen LogP) is 5.38. The van der Waals surface area contributed by atoms with Crippen molar-refractivity contribution in [1.82, 2.24) is 4.90 Å². The van der Waals surface area contributed by atoms with Crippen LogP contribution in [-0.2, 0) is 17.6 Å². The SMILES string of the molecule is CC(C)CCN(CCC(=O)O)C(=O)c1ccc2c(c1)C[C@@](C)(Cc1ccc(F)c(Cl)c1)O2. The third-order valence-electron chi connectivity index (χ3n) is 5.65. The zero-order chi connectivity index (χ0) is 23.5. The number of carboxylic acid groups (broad SMARTS) is 1. The van der Waals surface area contributed by atoms with Crippen molar-refractivity contribution in [2.45, 2.75) is 52.1 Å². The molecule has 0 radical (unpaired) electrons. The number of nitrogens with zero attached hydrogens (tertiary/aromatic N) is 1. The normalized spacial score (nSPS) is 17.2. The van der Waals surface area contributed by atoms with Crippen molar-refractivity contribution in [3.8, 4) is 5.75 Å². The summed E-state index contributed by atoms with van der Waals surface area (Å²) >= 11 is 5.91. The van der Waals surface area contributed by atoms with Crippen LogP contribution in [-0.4, -0.2) is 40.6 Å². The molecule has 7 heteroatoms. The zero-order valence-electron chi connectivity index (χ0n) is 18.7. The molecule has 32 heavy (non-hydrogen) atoms. The number of benzene rings is 2. The Bertz CT molecular complexity index is 1010. The third-order valence-corrected chi connectivity index (χ3v) is 5.94. The summed E-state index contributed by atoms with van der Waals surface area (Å²) in [6, 6.07) is 10.0. The maximum Gasteiger partial charge on any atom is 0.305 e. The number of amides is 1. The number of hydrogen-bond donors (Lipinski definition) is 1. The van der Waals surface area contributed by atoms with Gasteiger partial charge in [-0.3, -0.25) is 9.59 Å². The molecular formula is C25H29ClFNO4. The second-order valence-corrected chi connectivity index (χ2v) is 9.50. The standard InChI is InChI=1S/C25H29ClFNO4/c1-16(2)8-10-28(11-9-23(29)30)24(31)18-5-7-22-19(13-18)15-25(3,32-22)14-17-4-6-21(27)20(26)12-17/h4-7,12-13,16H,8-11,14-15H2,1-3H3,(H,29,30)/t25-/m1/s1. The minimum Gasteiger partial charge on any atom is -0.487 e. The molecule has 0 aliphatic carbocycles. The lowest BCUT2D eigenvalue weighted by Gasteiger charge is -2.24. The van der Waals surface area contributed by atoms with E-state index < -0.39 is 17.4 Å². The van der Waals surface area contributed by atoms with Crippen LogP contribution in [0.5, 0.6) is 5.75 Å². The minimum atomic E-state index is -0.925. The van der Waals surface area contributed by atoms with Gasteiger partial charge in [-0.2, -0.15) is 0 Å². The molecule has 2 aromatic rings. The summed E-state index contributed by atoms with van der Waals surface area (Å²) in [4.78, 5) is 25.8. The van der Waals surface area contributed by atoms with E-state index in [1.165, 1.54) is 6.07 Å². The quantitative estimate of drug-likeness (QED) is 0.544. The topological polar surface area (TPSA) is 66.8 Å². The van der Waals surface area contributed by atoms with Crippen molar-refractivity contribution in [2.75, 3.05) is 13.1 Å². The number of rotatable bonds is 9. The van der Waals surface area contributed by atoms with Gasteiger partial charge in [0.2, 0.25) is 0 Å². The highest BCUT2D eigenvalue weighted by molar-refractivity contribution is 6.30.